The number of hydrogen-bond acceptors (Lipinski definition) is 4. The maximum absolute atomic E-state index is 13.2. The van der Waals surface area contributed by atoms with Crippen LogP contribution in [0.4, 0.5) is 4.39 Å². The zero-order valence-corrected chi connectivity index (χ0v) is 12.5. The van der Waals surface area contributed by atoms with Gasteiger partial charge in [-0.15, -0.1) is 0 Å². The number of halogens is 1. The maximum Gasteiger partial charge on any atom is 0.169 e. The van der Waals surface area contributed by atoms with Crippen LogP contribution >= 0.6 is 0 Å². The smallest absolute Gasteiger partial charge is 0.169 e. The lowest BCUT2D eigenvalue weighted by atomic mass is 9.99. The number of nitrogens with one attached hydrogen (secondary N) is 2. The molecule has 0 unspecified atom stereocenters. The van der Waals surface area contributed by atoms with E-state index in [4.69, 9.17) is 5.41 Å². The third-order valence-corrected chi connectivity index (χ3v) is 3.81. The summed E-state index contributed by atoms with van der Waals surface area (Å²) in [5.41, 5.74) is 2.03. The highest BCUT2D eigenvalue weighted by Crippen LogP contribution is 2.21. The maximum atomic E-state index is 13.2. The standard InChI is InChI=1S/C16H22FN3O/c1-11(2)16(21)14(9-18)15-4-3-13(10-19-15)20-7-5-12(17)6-8-20/h3-4,9-12,18-19H,5-8H2,1-2H3/b15-14+,18-9?. The third kappa shape index (κ3) is 3.60. The van der Waals surface area contributed by atoms with Crippen LogP contribution in [0.3, 0.4) is 0 Å². The molecule has 0 radical (unpaired) electrons. The van der Waals surface area contributed by atoms with Crippen molar-refractivity contribution in [3.05, 3.63) is 35.3 Å². The minimum Gasteiger partial charge on any atom is -0.370 e. The normalized spacial score (nSPS) is 21.9. The van der Waals surface area contributed by atoms with Gasteiger partial charge < -0.3 is 15.6 Å². The molecule has 5 heteroatoms. The van der Waals surface area contributed by atoms with Gasteiger partial charge in [0, 0.05) is 31.4 Å². The highest BCUT2D eigenvalue weighted by molar-refractivity contribution is 6.14. The molecule has 0 aliphatic carbocycles. The summed E-state index contributed by atoms with van der Waals surface area (Å²) in [5, 5.41) is 10.5. The van der Waals surface area contributed by atoms with Crippen molar-refractivity contribution in [1.82, 2.24) is 10.2 Å². The number of carbonyl (C=O) groups is 1. The number of nitrogens with zero attached hydrogens (tertiary/aromatic N) is 1. The molecule has 1 saturated heterocycles. The van der Waals surface area contributed by atoms with Crippen molar-refractivity contribution in [2.45, 2.75) is 32.9 Å². The molecule has 2 aliphatic rings. The van der Waals surface area contributed by atoms with Gasteiger partial charge in [-0.2, -0.15) is 0 Å². The first-order chi connectivity index (χ1) is 10.0. The lowest BCUT2D eigenvalue weighted by molar-refractivity contribution is -0.117. The second-order valence-corrected chi connectivity index (χ2v) is 5.70. The summed E-state index contributed by atoms with van der Waals surface area (Å²) in [6, 6.07) is 0. The van der Waals surface area contributed by atoms with Crippen molar-refractivity contribution in [1.29, 1.82) is 5.41 Å². The monoisotopic (exact) mass is 291 g/mol. The SMILES string of the molecule is CC(C)C(=O)/C(C=N)=C1\C=CC(N2CCC(F)CC2)=CN1. The molecular formula is C16H22FN3O. The molecule has 0 atom stereocenters. The first-order valence-corrected chi connectivity index (χ1v) is 7.35. The number of alkyl halides is 1. The Morgan fingerprint density at radius 3 is 2.57 bits per heavy atom. The number of hydrogen-bond donors (Lipinski definition) is 2. The highest BCUT2D eigenvalue weighted by atomic mass is 19.1. The molecule has 2 rings (SSSR count). The van der Waals surface area contributed by atoms with Gasteiger partial charge in [-0.3, -0.25) is 4.79 Å². The Labute approximate surface area is 124 Å². The zero-order valence-electron chi connectivity index (χ0n) is 12.5. The van der Waals surface area contributed by atoms with Gasteiger partial charge in [0.15, 0.2) is 5.78 Å². The molecule has 0 spiro atoms. The molecule has 21 heavy (non-hydrogen) atoms. The van der Waals surface area contributed by atoms with Gasteiger partial charge in [-0.1, -0.05) is 13.8 Å². The summed E-state index contributed by atoms with van der Waals surface area (Å²) in [6.07, 6.45) is 7.09. The lowest BCUT2D eigenvalue weighted by Crippen LogP contribution is -2.34. The molecule has 2 aliphatic heterocycles. The highest BCUT2D eigenvalue weighted by Gasteiger charge is 2.21. The summed E-state index contributed by atoms with van der Waals surface area (Å²) < 4.78 is 13.2. The number of dihydropyridines is 1. The van der Waals surface area contributed by atoms with E-state index in [9.17, 15) is 9.18 Å². The molecule has 2 heterocycles. The average molecular weight is 291 g/mol. The molecule has 4 nitrogen and oxygen atoms in total. The van der Waals surface area contributed by atoms with Crippen LogP contribution in [-0.2, 0) is 4.79 Å². The van der Waals surface area contributed by atoms with Crippen molar-refractivity contribution >= 4 is 12.0 Å². The predicted molar refractivity (Wildman–Crippen MR) is 81.7 cm³/mol. The van der Waals surface area contributed by atoms with E-state index in [0.717, 1.165) is 11.9 Å². The number of rotatable bonds is 4. The van der Waals surface area contributed by atoms with Crippen LogP contribution in [0.2, 0.25) is 0 Å². The summed E-state index contributed by atoms with van der Waals surface area (Å²) in [6.45, 7) is 5.06. The van der Waals surface area contributed by atoms with Gasteiger partial charge in [-0.05, 0) is 25.0 Å². The third-order valence-electron chi connectivity index (χ3n) is 3.81. The van der Waals surface area contributed by atoms with Gasteiger partial charge in [0.1, 0.15) is 6.17 Å². The molecular weight excluding hydrogens is 269 g/mol. The van der Waals surface area contributed by atoms with Crippen LogP contribution in [0.15, 0.2) is 35.3 Å². The number of likely N-dealkylation sites (tertiary alicyclic amines) is 1. The Kier molecular flexibility index (Phi) is 4.94. The van der Waals surface area contributed by atoms with Gasteiger partial charge >= 0.3 is 0 Å². The Bertz CT molecular complexity index is 512. The molecule has 0 saturated carbocycles. The van der Waals surface area contributed by atoms with Crippen molar-refractivity contribution in [2.75, 3.05) is 13.1 Å². The Morgan fingerprint density at radius 2 is 2.10 bits per heavy atom. The van der Waals surface area contributed by atoms with Gasteiger partial charge in [-0.25, -0.2) is 4.39 Å². The molecule has 0 aromatic rings. The summed E-state index contributed by atoms with van der Waals surface area (Å²) in [7, 11) is 0. The minimum absolute atomic E-state index is 0.0488. The predicted octanol–water partition coefficient (Wildman–Crippen LogP) is 2.55. The summed E-state index contributed by atoms with van der Waals surface area (Å²) >= 11 is 0. The van der Waals surface area contributed by atoms with Crippen molar-refractivity contribution < 1.29 is 9.18 Å². The van der Waals surface area contributed by atoms with Crippen LogP contribution in [-0.4, -0.2) is 36.2 Å². The van der Waals surface area contributed by atoms with E-state index in [-0.39, 0.29) is 11.7 Å². The minimum atomic E-state index is -0.689. The van der Waals surface area contributed by atoms with E-state index in [1.54, 1.807) is 0 Å². The fourth-order valence-electron chi connectivity index (χ4n) is 2.48. The van der Waals surface area contributed by atoms with E-state index in [0.29, 0.717) is 37.2 Å². The van der Waals surface area contributed by atoms with E-state index < -0.39 is 6.17 Å². The van der Waals surface area contributed by atoms with E-state index in [2.05, 4.69) is 10.2 Å². The molecule has 114 valence electrons. The van der Waals surface area contributed by atoms with Crippen LogP contribution in [0, 0.1) is 11.3 Å². The quantitative estimate of drug-likeness (QED) is 0.618. The van der Waals surface area contributed by atoms with Gasteiger partial charge in [0.25, 0.3) is 0 Å². The van der Waals surface area contributed by atoms with Gasteiger partial charge in [0.05, 0.1) is 17.0 Å². The van der Waals surface area contributed by atoms with Crippen LogP contribution in [0.25, 0.3) is 0 Å². The Balaban J connectivity index is 2.09. The number of ketones is 1. The fraction of sp³-hybridized carbons (Fsp3) is 0.500. The molecule has 0 aromatic heterocycles. The summed E-state index contributed by atoms with van der Waals surface area (Å²) in [4.78, 5) is 14.2. The number of allylic oxidation sites excluding steroid dienone is 3. The zero-order chi connectivity index (χ0) is 15.4. The molecule has 0 amide bonds. The van der Waals surface area contributed by atoms with Crippen molar-refractivity contribution in [3.63, 3.8) is 0 Å². The fourth-order valence-corrected chi connectivity index (χ4v) is 2.48. The van der Waals surface area contributed by atoms with Crippen molar-refractivity contribution in [3.8, 4) is 0 Å². The lowest BCUT2D eigenvalue weighted by Gasteiger charge is -2.32. The van der Waals surface area contributed by atoms with Crippen LogP contribution in [0.1, 0.15) is 26.7 Å². The number of piperidine rings is 1. The average Bonchev–Trinajstić information content (AvgIpc) is 2.49. The molecule has 0 bridgehead atoms. The second-order valence-electron chi connectivity index (χ2n) is 5.70. The van der Waals surface area contributed by atoms with Crippen LogP contribution < -0.4 is 5.32 Å². The molecule has 1 fully saturated rings. The number of Topliss-reactive ketones (excluding diaryl/α,β-unsaturated/α-hetero) is 1. The summed E-state index contributed by atoms with van der Waals surface area (Å²) in [5.74, 6) is -0.189. The van der Waals surface area contributed by atoms with E-state index >= 15 is 0 Å². The van der Waals surface area contributed by atoms with E-state index in [1.807, 2.05) is 32.2 Å². The Hall–Kier alpha value is -1.91. The first-order valence-electron chi connectivity index (χ1n) is 7.35. The Morgan fingerprint density at radius 1 is 1.43 bits per heavy atom. The second kappa shape index (κ2) is 6.70. The van der Waals surface area contributed by atoms with Gasteiger partial charge in [0.2, 0.25) is 0 Å². The van der Waals surface area contributed by atoms with Crippen molar-refractivity contribution in [2.24, 2.45) is 5.92 Å². The topological polar surface area (TPSA) is 56.2 Å². The molecule has 2 N–H and O–H groups in total. The van der Waals surface area contributed by atoms with E-state index in [1.165, 1.54) is 0 Å². The first kappa shape index (κ1) is 15.5. The van der Waals surface area contributed by atoms with Crippen LogP contribution in [0.5, 0.6) is 0 Å². The largest absolute Gasteiger partial charge is 0.370 e. The molecule has 0 aromatic carbocycles. The number of carbonyl (C=O) groups excluding carboxylic acids is 1.